The molecule has 8 heteroatoms. The van der Waals surface area contributed by atoms with Crippen LogP contribution >= 0.6 is 0 Å². The molecule has 0 bridgehead atoms. The number of rotatable bonds is 6. The van der Waals surface area contributed by atoms with Gasteiger partial charge in [0.2, 0.25) is 5.91 Å². The molecule has 2 aliphatic rings. The number of benzene rings is 1. The van der Waals surface area contributed by atoms with Crippen LogP contribution in [0.5, 0.6) is 0 Å². The molecule has 4 rings (SSSR count). The maximum absolute atomic E-state index is 14.8. The van der Waals surface area contributed by atoms with Gasteiger partial charge in [-0.15, -0.1) is 0 Å². The molecule has 150 valence electrons. The lowest BCUT2D eigenvalue weighted by molar-refractivity contribution is -0.118. The third-order valence-electron chi connectivity index (χ3n) is 5.05. The van der Waals surface area contributed by atoms with Crippen LogP contribution in [0.4, 0.5) is 20.7 Å². The van der Waals surface area contributed by atoms with Crippen molar-refractivity contribution in [3.8, 4) is 11.1 Å². The van der Waals surface area contributed by atoms with Crippen LogP contribution in [-0.4, -0.2) is 42.7 Å². The van der Waals surface area contributed by atoms with Crippen LogP contribution in [0, 0.1) is 5.82 Å². The summed E-state index contributed by atoms with van der Waals surface area (Å²) >= 11 is 0. The first-order valence-corrected chi connectivity index (χ1v) is 9.43. The van der Waals surface area contributed by atoms with Crippen LogP contribution in [0.15, 0.2) is 48.7 Å². The molecule has 0 aliphatic carbocycles. The zero-order chi connectivity index (χ0) is 20.4. The van der Waals surface area contributed by atoms with E-state index in [2.05, 4.69) is 22.0 Å². The van der Waals surface area contributed by atoms with Gasteiger partial charge in [0.1, 0.15) is 17.7 Å². The van der Waals surface area contributed by atoms with Crippen molar-refractivity contribution in [2.24, 2.45) is 5.73 Å². The molecule has 7 nitrogen and oxygen atoms in total. The Morgan fingerprint density at radius 2 is 2.03 bits per heavy atom. The number of ether oxygens (including phenoxy) is 1. The first-order chi connectivity index (χ1) is 14.0. The monoisotopic (exact) mass is 396 g/mol. The summed E-state index contributed by atoms with van der Waals surface area (Å²) in [6, 6.07) is 8.32. The number of carbonyl (C=O) groups is 2. The second-order valence-electron chi connectivity index (χ2n) is 7.07. The summed E-state index contributed by atoms with van der Waals surface area (Å²) in [6.45, 7) is 1.90. The van der Waals surface area contributed by atoms with Crippen LogP contribution in [0.2, 0.25) is 0 Å². The molecule has 29 heavy (non-hydrogen) atoms. The largest absolute Gasteiger partial charge is 0.444 e. The highest BCUT2D eigenvalue weighted by molar-refractivity contribution is 5.90. The van der Waals surface area contributed by atoms with E-state index in [-0.39, 0.29) is 13.0 Å². The maximum atomic E-state index is 14.8. The number of hydrogen-bond acceptors (Lipinski definition) is 5. The van der Waals surface area contributed by atoms with Crippen LogP contribution in [-0.2, 0) is 9.53 Å². The molecular weight excluding hydrogens is 375 g/mol. The van der Waals surface area contributed by atoms with Crippen molar-refractivity contribution in [1.82, 2.24) is 4.98 Å². The number of cyclic esters (lactones) is 1. The van der Waals surface area contributed by atoms with Crippen molar-refractivity contribution in [2.45, 2.75) is 18.9 Å². The number of aromatic nitrogens is 1. The van der Waals surface area contributed by atoms with Gasteiger partial charge in [-0.05, 0) is 36.8 Å². The van der Waals surface area contributed by atoms with E-state index in [0.29, 0.717) is 23.2 Å². The second kappa shape index (κ2) is 7.90. The Morgan fingerprint density at radius 3 is 2.69 bits per heavy atom. The van der Waals surface area contributed by atoms with Crippen LogP contribution in [0.1, 0.15) is 12.8 Å². The fourth-order valence-corrected chi connectivity index (χ4v) is 3.49. The number of pyridine rings is 1. The molecule has 1 unspecified atom stereocenters. The number of anilines is 2. The summed E-state index contributed by atoms with van der Waals surface area (Å²) in [7, 11) is 0. The lowest BCUT2D eigenvalue weighted by Gasteiger charge is -2.17. The van der Waals surface area contributed by atoms with E-state index in [9.17, 15) is 14.0 Å². The van der Waals surface area contributed by atoms with Crippen LogP contribution < -0.4 is 15.5 Å². The van der Waals surface area contributed by atoms with Gasteiger partial charge >= 0.3 is 6.09 Å². The molecule has 0 radical (unpaired) electrons. The number of primary amides is 1. The quantitative estimate of drug-likeness (QED) is 0.759. The van der Waals surface area contributed by atoms with Crippen molar-refractivity contribution in [3.05, 3.63) is 54.5 Å². The molecule has 1 aromatic heterocycles. The number of nitrogens with two attached hydrogens (primary N) is 1. The summed E-state index contributed by atoms with van der Waals surface area (Å²) in [6.07, 6.45) is 5.30. The summed E-state index contributed by atoms with van der Waals surface area (Å²) < 4.78 is 20.0. The molecule has 2 N–H and O–H groups in total. The predicted octanol–water partition coefficient (Wildman–Crippen LogP) is 2.85. The van der Waals surface area contributed by atoms with E-state index in [0.717, 1.165) is 18.9 Å². The van der Waals surface area contributed by atoms with Crippen molar-refractivity contribution in [2.75, 3.05) is 29.4 Å². The van der Waals surface area contributed by atoms with Gasteiger partial charge in [0.05, 0.1) is 12.2 Å². The van der Waals surface area contributed by atoms with E-state index >= 15 is 0 Å². The Bertz CT molecular complexity index is 953. The minimum Gasteiger partial charge on any atom is -0.444 e. The van der Waals surface area contributed by atoms with E-state index in [1.54, 1.807) is 18.3 Å². The highest BCUT2D eigenvalue weighted by Gasteiger charge is 2.32. The normalized spacial score (nSPS) is 18.4. The first kappa shape index (κ1) is 18.9. The zero-order valence-corrected chi connectivity index (χ0v) is 15.8. The minimum absolute atomic E-state index is 0.134. The minimum atomic E-state index is -0.558. The number of hydrogen-bond donors (Lipinski definition) is 1. The van der Waals surface area contributed by atoms with Gasteiger partial charge in [-0.25, -0.2) is 14.2 Å². The Kier molecular flexibility index (Phi) is 5.16. The van der Waals surface area contributed by atoms with Crippen molar-refractivity contribution >= 4 is 23.5 Å². The van der Waals surface area contributed by atoms with Crippen molar-refractivity contribution in [3.63, 3.8) is 0 Å². The summed E-state index contributed by atoms with van der Waals surface area (Å²) in [5.74, 6) is -0.0543. The number of nitrogens with zero attached hydrogens (tertiary/aromatic N) is 3. The number of halogens is 1. The van der Waals surface area contributed by atoms with Crippen molar-refractivity contribution < 1.29 is 18.7 Å². The Hall–Kier alpha value is -3.42. The average molecular weight is 396 g/mol. The number of carbonyl (C=O) groups excluding carboxylic acids is 2. The van der Waals surface area contributed by atoms with E-state index in [4.69, 9.17) is 10.5 Å². The smallest absolute Gasteiger partial charge is 0.414 e. The molecule has 2 aromatic rings. The molecule has 1 atom stereocenters. The van der Waals surface area contributed by atoms with Crippen LogP contribution in [0.3, 0.4) is 0 Å². The maximum Gasteiger partial charge on any atom is 0.414 e. The lowest BCUT2D eigenvalue weighted by Crippen LogP contribution is -2.25. The number of amides is 2. The first-order valence-electron chi connectivity index (χ1n) is 9.43. The molecule has 1 saturated heterocycles. The molecule has 2 aliphatic heterocycles. The molecule has 2 amide bonds. The highest BCUT2D eigenvalue weighted by atomic mass is 19.1. The molecular formula is C21H21FN4O3. The van der Waals surface area contributed by atoms with E-state index < -0.39 is 23.9 Å². The third-order valence-corrected chi connectivity index (χ3v) is 5.05. The van der Waals surface area contributed by atoms with Gasteiger partial charge in [-0.1, -0.05) is 12.2 Å². The van der Waals surface area contributed by atoms with E-state index in [1.807, 2.05) is 12.1 Å². The summed E-state index contributed by atoms with van der Waals surface area (Å²) in [5, 5.41) is 0. The lowest BCUT2D eigenvalue weighted by atomic mass is 10.1. The van der Waals surface area contributed by atoms with E-state index in [1.165, 1.54) is 11.0 Å². The third kappa shape index (κ3) is 4.06. The fourth-order valence-electron chi connectivity index (χ4n) is 3.49. The Labute approximate surface area is 167 Å². The van der Waals surface area contributed by atoms with Gasteiger partial charge in [0.15, 0.2) is 0 Å². The summed E-state index contributed by atoms with van der Waals surface area (Å²) in [4.78, 5) is 30.9. The molecule has 3 heterocycles. The fraction of sp³-hybridized carbons (Fsp3) is 0.286. The topological polar surface area (TPSA) is 88.8 Å². The van der Waals surface area contributed by atoms with Gasteiger partial charge < -0.3 is 15.4 Å². The highest BCUT2D eigenvalue weighted by Crippen LogP contribution is 2.30. The van der Waals surface area contributed by atoms with Gasteiger partial charge in [-0.3, -0.25) is 9.69 Å². The zero-order valence-electron chi connectivity index (χ0n) is 15.8. The molecule has 0 saturated carbocycles. The van der Waals surface area contributed by atoms with Gasteiger partial charge in [0, 0.05) is 36.8 Å². The van der Waals surface area contributed by atoms with Crippen LogP contribution in [0.25, 0.3) is 11.1 Å². The Balaban J connectivity index is 1.48. The molecule has 1 aromatic carbocycles. The van der Waals surface area contributed by atoms with Gasteiger partial charge in [0.25, 0.3) is 0 Å². The molecule has 0 spiro atoms. The molecule has 1 fully saturated rings. The standard InChI is InChI=1S/C21H21FN4O3/c22-18-11-15(26-13-16(29-21(26)28)5-7-19(23)27)4-6-17(18)14-3-8-20(24-12-14)25-9-1-2-10-25/h1-4,6,8,11-12,16H,5,7,9-10,13H2,(H2,23,27). The SMILES string of the molecule is NC(=O)CCC1CN(c2ccc(-c3ccc(N4CC=CC4)nc3)c(F)c2)C(=O)O1. The Morgan fingerprint density at radius 1 is 1.24 bits per heavy atom. The predicted molar refractivity (Wildman–Crippen MR) is 107 cm³/mol. The summed E-state index contributed by atoms with van der Waals surface area (Å²) in [5.41, 5.74) is 6.61. The van der Waals surface area contributed by atoms with Gasteiger partial charge in [-0.2, -0.15) is 0 Å². The van der Waals surface area contributed by atoms with Crippen molar-refractivity contribution in [1.29, 1.82) is 0 Å². The second-order valence-corrected chi connectivity index (χ2v) is 7.07. The average Bonchev–Trinajstić information content (AvgIpc) is 3.36.